The smallest absolute Gasteiger partial charge is 0.339 e. The maximum Gasteiger partial charge on any atom is 0.339 e. The molecule has 1 aromatic rings. The standard InChI is InChI=1S/C19H24N2O4/c22-17(24-13-15-11-19(7-8-19)18(23)25-15)14-5-6-16(20-12-14)21-9-3-1-2-4-10-21/h5-6,12,15H,1-4,7-11,13H2. The minimum Gasteiger partial charge on any atom is -0.458 e. The Balaban J connectivity index is 1.30. The van der Waals surface area contributed by atoms with Crippen LogP contribution in [0.3, 0.4) is 0 Å². The first-order chi connectivity index (χ1) is 12.2. The fourth-order valence-electron chi connectivity index (χ4n) is 3.73. The Morgan fingerprint density at radius 1 is 1.24 bits per heavy atom. The highest BCUT2D eigenvalue weighted by atomic mass is 16.6. The number of aromatic nitrogens is 1. The molecule has 4 rings (SSSR count). The minimum atomic E-state index is -0.414. The first-order valence-corrected chi connectivity index (χ1v) is 9.26. The summed E-state index contributed by atoms with van der Waals surface area (Å²) in [5.74, 6) is 0.374. The molecule has 1 saturated carbocycles. The van der Waals surface area contributed by atoms with E-state index in [0.29, 0.717) is 12.0 Å². The molecule has 2 saturated heterocycles. The van der Waals surface area contributed by atoms with E-state index in [-0.39, 0.29) is 24.1 Å². The zero-order valence-electron chi connectivity index (χ0n) is 14.4. The van der Waals surface area contributed by atoms with E-state index >= 15 is 0 Å². The number of hydrogen-bond acceptors (Lipinski definition) is 6. The van der Waals surface area contributed by atoms with Crippen LogP contribution in [-0.4, -0.2) is 42.7 Å². The average Bonchev–Trinajstić information content (AvgIpc) is 3.38. The molecule has 25 heavy (non-hydrogen) atoms. The van der Waals surface area contributed by atoms with Crippen molar-refractivity contribution in [1.29, 1.82) is 0 Å². The van der Waals surface area contributed by atoms with Crippen molar-refractivity contribution in [1.82, 2.24) is 4.98 Å². The Morgan fingerprint density at radius 3 is 2.60 bits per heavy atom. The largest absolute Gasteiger partial charge is 0.458 e. The number of hydrogen-bond donors (Lipinski definition) is 0. The van der Waals surface area contributed by atoms with Crippen molar-refractivity contribution in [3.05, 3.63) is 23.9 Å². The number of anilines is 1. The first kappa shape index (κ1) is 16.4. The van der Waals surface area contributed by atoms with Crippen molar-refractivity contribution >= 4 is 17.8 Å². The molecule has 2 aliphatic heterocycles. The number of esters is 2. The maximum absolute atomic E-state index is 12.2. The van der Waals surface area contributed by atoms with Crippen LogP contribution in [0.25, 0.3) is 0 Å². The Hall–Kier alpha value is -2.11. The molecule has 1 unspecified atom stereocenters. The molecule has 134 valence electrons. The SMILES string of the molecule is O=C(OCC1CC2(CC2)C(=O)O1)c1ccc(N2CCCCCC2)nc1. The maximum atomic E-state index is 12.2. The summed E-state index contributed by atoms with van der Waals surface area (Å²) in [7, 11) is 0. The van der Waals surface area contributed by atoms with Crippen LogP contribution in [0.4, 0.5) is 5.82 Å². The molecule has 0 radical (unpaired) electrons. The highest BCUT2D eigenvalue weighted by Gasteiger charge is 2.57. The normalized spacial score (nSPS) is 24.7. The lowest BCUT2D eigenvalue weighted by Crippen LogP contribution is -2.25. The van der Waals surface area contributed by atoms with Gasteiger partial charge in [-0.15, -0.1) is 0 Å². The van der Waals surface area contributed by atoms with Crippen molar-refractivity contribution in [2.24, 2.45) is 5.41 Å². The zero-order chi connectivity index (χ0) is 17.3. The van der Waals surface area contributed by atoms with Gasteiger partial charge in [0.1, 0.15) is 18.5 Å². The molecule has 6 nitrogen and oxygen atoms in total. The highest BCUT2D eigenvalue weighted by Crippen LogP contribution is 2.54. The molecule has 3 aliphatic rings. The molecule has 0 aromatic carbocycles. The molecule has 3 heterocycles. The highest BCUT2D eigenvalue weighted by molar-refractivity contribution is 5.89. The van der Waals surface area contributed by atoms with Gasteiger partial charge < -0.3 is 14.4 Å². The third-order valence-electron chi connectivity index (χ3n) is 5.49. The average molecular weight is 344 g/mol. The van der Waals surface area contributed by atoms with Gasteiger partial charge in [-0.25, -0.2) is 9.78 Å². The van der Waals surface area contributed by atoms with Crippen molar-refractivity contribution in [2.75, 3.05) is 24.6 Å². The Morgan fingerprint density at radius 2 is 2.00 bits per heavy atom. The molecule has 1 spiro atoms. The molecule has 3 fully saturated rings. The van der Waals surface area contributed by atoms with E-state index in [0.717, 1.165) is 31.7 Å². The predicted molar refractivity (Wildman–Crippen MR) is 91.4 cm³/mol. The van der Waals surface area contributed by atoms with Crippen LogP contribution in [0, 0.1) is 5.41 Å². The minimum absolute atomic E-state index is 0.125. The van der Waals surface area contributed by atoms with E-state index in [4.69, 9.17) is 9.47 Å². The van der Waals surface area contributed by atoms with Crippen LogP contribution in [0.5, 0.6) is 0 Å². The summed E-state index contributed by atoms with van der Waals surface area (Å²) in [5.41, 5.74) is 0.178. The molecule has 0 amide bonds. The van der Waals surface area contributed by atoms with E-state index in [9.17, 15) is 9.59 Å². The topological polar surface area (TPSA) is 68.7 Å². The number of nitrogens with zero attached hydrogens (tertiary/aromatic N) is 2. The van der Waals surface area contributed by atoms with Crippen molar-refractivity contribution in [2.45, 2.75) is 51.0 Å². The van der Waals surface area contributed by atoms with Gasteiger partial charge in [0, 0.05) is 25.7 Å². The summed E-state index contributed by atoms with van der Waals surface area (Å²) in [6, 6.07) is 3.65. The third-order valence-corrected chi connectivity index (χ3v) is 5.49. The fraction of sp³-hybridized carbons (Fsp3) is 0.632. The monoisotopic (exact) mass is 344 g/mol. The number of ether oxygens (including phenoxy) is 2. The van der Waals surface area contributed by atoms with Crippen LogP contribution in [-0.2, 0) is 14.3 Å². The lowest BCUT2D eigenvalue weighted by Gasteiger charge is -2.21. The molecule has 6 heteroatoms. The molecular formula is C19H24N2O4. The molecule has 1 aliphatic carbocycles. The van der Waals surface area contributed by atoms with Crippen LogP contribution < -0.4 is 4.90 Å². The number of cyclic esters (lactones) is 1. The number of pyridine rings is 1. The van der Waals surface area contributed by atoms with Crippen LogP contribution in [0.15, 0.2) is 18.3 Å². The molecule has 1 atom stereocenters. The first-order valence-electron chi connectivity index (χ1n) is 9.26. The Labute approximate surface area is 147 Å². The summed E-state index contributed by atoms with van der Waals surface area (Å²) in [6.45, 7) is 2.16. The summed E-state index contributed by atoms with van der Waals surface area (Å²) < 4.78 is 10.6. The van der Waals surface area contributed by atoms with E-state index in [1.807, 2.05) is 6.07 Å². The van der Waals surface area contributed by atoms with Crippen LogP contribution in [0.2, 0.25) is 0 Å². The van der Waals surface area contributed by atoms with Gasteiger partial charge >= 0.3 is 11.9 Å². The van der Waals surface area contributed by atoms with Gasteiger partial charge in [0.05, 0.1) is 11.0 Å². The second-order valence-corrected chi connectivity index (χ2v) is 7.42. The zero-order valence-corrected chi connectivity index (χ0v) is 14.4. The van der Waals surface area contributed by atoms with Gasteiger partial charge in [-0.2, -0.15) is 0 Å². The van der Waals surface area contributed by atoms with Crippen molar-refractivity contribution in [3.8, 4) is 0 Å². The van der Waals surface area contributed by atoms with Crippen LogP contribution >= 0.6 is 0 Å². The Kier molecular flexibility index (Phi) is 4.36. The van der Waals surface area contributed by atoms with Gasteiger partial charge in [0.2, 0.25) is 0 Å². The molecule has 0 N–H and O–H groups in total. The summed E-state index contributed by atoms with van der Waals surface area (Å²) in [6.07, 6.45) is 8.66. The van der Waals surface area contributed by atoms with Crippen molar-refractivity contribution in [3.63, 3.8) is 0 Å². The second kappa shape index (κ2) is 6.65. The van der Waals surface area contributed by atoms with Crippen LogP contribution in [0.1, 0.15) is 55.3 Å². The molecular weight excluding hydrogens is 320 g/mol. The molecule has 0 bridgehead atoms. The van der Waals surface area contributed by atoms with Gasteiger partial charge in [-0.05, 0) is 37.8 Å². The lowest BCUT2D eigenvalue weighted by molar-refractivity contribution is -0.146. The number of carbonyl (C=O) groups excluding carboxylic acids is 2. The molecule has 1 aromatic heterocycles. The van der Waals surface area contributed by atoms with E-state index in [1.165, 1.54) is 25.7 Å². The van der Waals surface area contributed by atoms with Crippen molar-refractivity contribution < 1.29 is 19.1 Å². The van der Waals surface area contributed by atoms with E-state index in [1.54, 1.807) is 12.3 Å². The fourth-order valence-corrected chi connectivity index (χ4v) is 3.73. The van der Waals surface area contributed by atoms with Gasteiger partial charge in [-0.3, -0.25) is 4.79 Å². The second-order valence-electron chi connectivity index (χ2n) is 7.42. The number of rotatable bonds is 4. The summed E-state index contributed by atoms with van der Waals surface area (Å²) >= 11 is 0. The third kappa shape index (κ3) is 3.48. The Bertz CT molecular complexity index is 646. The van der Waals surface area contributed by atoms with E-state index < -0.39 is 5.97 Å². The van der Waals surface area contributed by atoms with Gasteiger partial charge in [0.25, 0.3) is 0 Å². The predicted octanol–water partition coefficient (Wildman–Crippen LogP) is 2.71. The van der Waals surface area contributed by atoms with E-state index in [2.05, 4.69) is 9.88 Å². The van der Waals surface area contributed by atoms with Gasteiger partial charge in [-0.1, -0.05) is 12.8 Å². The van der Waals surface area contributed by atoms with Gasteiger partial charge in [0.15, 0.2) is 0 Å². The summed E-state index contributed by atoms with van der Waals surface area (Å²) in [5, 5.41) is 0. The quantitative estimate of drug-likeness (QED) is 0.782. The lowest BCUT2D eigenvalue weighted by atomic mass is 10.0. The number of carbonyl (C=O) groups is 2. The summed E-state index contributed by atoms with van der Waals surface area (Å²) in [4.78, 5) is 30.6.